The highest BCUT2D eigenvalue weighted by molar-refractivity contribution is 5.78. The van der Waals surface area contributed by atoms with E-state index in [9.17, 15) is 4.79 Å². The number of carbonyl (C=O) groups excluding carboxylic acids is 1. The van der Waals surface area contributed by atoms with Crippen LogP contribution in [0.3, 0.4) is 0 Å². The molecule has 2 bridgehead atoms. The van der Waals surface area contributed by atoms with Crippen molar-refractivity contribution in [3.05, 3.63) is 35.9 Å². The molecule has 2 aliphatic heterocycles. The number of hydrogen-bond donors (Lipinski definition) is 0. The summed E-state index contributed by atoms with van der Waals surface area (Å²) in [5, 5.41) is 0. The fourth-order valence-corrected chi connectivity index (χ4v) is 4.97. The van der Waals surface area contributed by atoms with Crippen LogP contribution < -0.4 is 17.0 Å². The first kappa shape index (κ1) is 21.4. The monoisotopic (exact) mass is 425 g/mol. The van der Waals surface area contributed by atoms with Gasteiger partial charge >= 0.3 is 5.97 Å². The molecule has 0 aliphatic carbocycles. The Morgan fingerprint density at radius 3 is 2.23 bits per heavy atom. The van der Waals surface area contributed by atoms with Gasteiger partial charge in [-0.3, -0.25) is 4.79 Å². The van der Waals surface area contributed by atoms with Crippen LogP contribution in [0, 0.1) is 0 Å². The zero-order valence-electron chi connectivity index (χ0n) is 16.4. The van der Waals surface area contributed by atoms with E-state index in [0.29, 0.717) is 24.7 Å². The Morgan fingerprint density at radius 1 is 1.15 bits per heavy atom. The average molecular weight is 426 g/mol. The minimum absolute atomic E-state index is 0. The third kappa shape index (κ3) is 4.00. The quantitative estimate of drug-likeness (QED) is 0.492. The lowest BCUT2D eigenvalue weighted by Crippen LogP contribution is -3.00. The molecule has 0 N–H and O–H groups in total. The molecule has 0 amide bonds. The summed E-state index contributed by atoms with van der Waals surface area (Å²) in [6.45, 7) is 5.01. The molecule has 5 heteroatoms. The molecule has 26 heavy (non-hydrogen) atoms. The lowest BCUT2D eigenvalue weighted by molar-refractivity contribution is -0.968. The average Bonchev–Trinajstić information content (AvgIpc) is 2.78. The van der Waals surface area contributed by atoms with Crippen LogP contribution in [0.1, 0.15) is 51.0 Å². The summed E-state index contributed by atoms with van der Waals surface area (Å²) in [5.74, 6) is -0.477. The topological polar surface area (TPSA) is 35.5 Å². The Balaban J connectivity index is 0.00000243. The lowest BCUT2D eigenvalue weighted by Gasteiger charge is -2.49. The van der Waals surface area contributed by atoms with Crippen molar-refractivity contribution in [1.82, 2.24) is 0 Å². The maximum Gasteiger partial charge on any atom is 0.316 e. The van der Waals surface area contributed by atoms with Gasteiger partial charge in [0.05, 0.1) is 31.8 Å². The number of nitrogens with zero attached hydrogens (tertiary/aromatic N) is 1. The molecule has 0 radical (unpaired) electrons. The van der Waals surface area contributed by atoms with Crippen molar-refractivity contribution in [1.29, 1.82) is 0 Å². The molecule has 2 fully saturated rings. The standard InChI is InChI=1S/C21H32NO3.BrH/c1-15(2)22(3)17-10-11-18(22)13-19(12-17)25-21(23)20(14-24-4)16-8-6-5-7-9-16;/h5-9,15,17-20H,10-14H2,1-4H3;1H/q+1;/p-1/t17-,18+,19?,20?,22?;. The number of fused-ring (bicyclic) bond motifs is 2. The summed E-state index contributed by atoms with van der Waals surface area (Å²) < 4.78 is 12.4. The molecular weight excluding hydrogens is 394 g/mol. The van der Waals surface area contributed by atoms with E-state index in [2.05, 4.69) is 20.9 Å². The van der Waals surface area contributed by atoms with E-state index < -0.39 is 0 Å². The maximum absolute atomic E-state index is 12.8. The second kappa shape index (κ2) is 8.85. The summed E-state index contributed by atoms with van der Waals surface area (Å²) in [6.07, 6.45) is 4.55. The van der Waals surface area contributed by atoms with Gasteiger partial charge in [-0.15, -0.1) is 0 Å². The highest BCUT2D eigenvalue weighted by atomic mass is 79.9. The molecule has 0 spiro atoms. The summed E-state index contributed by atoms with van der Waals surface area (Å²) >= 11 is 0. The van der Waals surface area contributed by atoms with Crippen molar-refractivity contribution >= 4 is 5.97 Å². The van der Waals surface area contributed by atoms with E-state index in [1.54, 1.807) is 7.11 Å². The Kier molecular flexibility index (Phi) is 7.28. The number of ether oxygens (including phenoxy) is 2. The Hall–Kier alpha value is -0.910. The maximum atomic E-state index is 12.8. The van der Waals surface area contributed by atoms with Crippen LogP contribution in [0.4, 0.5) is 0 Å². The van der Waals surface area contributed by atoms with Crippen LogP contribution in [0.15, 0.2) is 30.3 Å². The zero-order valence-corrected chi connectivity index (χ0v) is 17.9. The van der Waals surface area contributed by atoms with Crippen LogP contribution in [-0.4, -0.2) is 55.4 Å². The molecule has 146 valence electrons. The van der Waals surface area contributed by atoms with Crippen LogP contribution >= 0.6 is 0 Å². The minimum Gasteiger partial charge on any atom is -1.00 e. The van der Waals surface area contributed by atoms with Gasteiger partial charge in [0.25, 0.3) is 0 Å². The second-order valence-corrected chi connectivity index (χ2v) is 8.15. The van der Waals surface area contributed by atoms with E-state index in [1.807, 2.05) is 30.3 Å². The first-order chi connectivity index (χ1) is 12.0. The smallest absolute Gasteiger partial charge is 0.316 e. The second-order valence-electron chi connectivity index (χ2n) is 8.15. The van der Waals surface area contributed by atoms with Crippen molar-refractivity contribution in [3.63, 3.8) is 0 Å². The molecular formula is C21H32BrNO3. The molecule has 2 heterocycles. The van der Waals surface area contributed by atoms with Crippen molar-refractivity contribution in [3.8, 4) is 0 Å². The third-order valence-electron chi connectivity index (χ3n) is 6.69. The fraction of sp³-hybridized carbons (Fsp3) is 0.667. The molecule has 0 aromatic heterocycles. The summed E-state index contributed by atoms with van der Waals surface area (Å²) in [5.41, 5.74) is 0.968. The molecule has 3 rings (SSSR count). The third-order valence-corrected chi connectivity index (χ3v) is 6.69. The van der Waals surface area contributed by atoms with E-state index in [-0.39, 0.29) is 35.0 Å². The number of methoxy groups -OCH3 is 1. The van der Waals surface area contributed by atoms with Crippen molar-refractivity contribution in [2.45, 2.75) is 69.7 Å². The first-order valence-corrected chi connectivity index (χ1v) is 9.56. The van der Waals surface area contributed by atoms with E-state index in [0.717, 1.165) is 22.9 Å². The number of hydrogen-bond acceptors (Lipinski definition) is 3. The van der Waals surface area contributed by atoms with Gasteiger partial charge in [-0.25, -0.2) is 0 Å². The molecule has 1 aromatic carbocycles. The Labute approximate surface area is 168 Å². The highest BCUT2D eigenvalue weighted by Crippen LogP contribution is 2.44. The minimum atomic E-state index is -0.336. The summed E-state index contributed by atoms with van der Waals surface area (Å²) in [7, 11) is 4.03. The van der Waals surface area contributed by atoms with Gasteiger partial charge in [-0.05, 0) is 19.4 Å². The van der Waals surface area contributed by atoms with Crippen molar-refractivity contribution < 1.29 is 35.7 Å². The van der Waals surface area contributed by atoms with Crippen molar-refractivity contribution in [2.24, 2.45) is 0 Å². The summed E-state index contributed by atoms with van der Waals surface area (Å²) in [6, 6.07) is 11.7. The predicted molar refractivity (Wildman–Crippen MR) is 98.3 cm³/mol. The number of carbonyl (C=O) groups is 1. The normalized spacial score (nSPS) is 31.3. The van der Waals surface area contributed by atoms with E-state index in [4.69, 9.17) is 9.47 Å². The Morgan fingerprint density at radius 2 is 1.73 bits per heavy atom. The molecule has 4 nitrogen and oxygen atoms in total. The molecule has 1 aromatic rings. The molecule has 2 aliphatic rings. The SMILES string of the molecule is COCC(C(=O)OC1C[C@H]2CC[C@@H](C1)[N+]2(C)C(C)C)c1ccccc1.[Br-]. The summed E-state index contributed by atoms with van der Waals surface area (Å²) in [4.78, 5) is 12.8. The molecule has 3 unspecified atom stereocenters. The number of halogens is 1. The van der Waals surface area contributed by atoms with Gasteiger partial charge in [0, 0.05) is 32.8 Å². The predicted octanol–water partition coefficient (Wildman–Crippen LogP) is 0.512. The number of rotatable bonds is 6. The van der Waals surface area contributed by atoms with Gasteiger partial charge in [0.1, 0.15) is 12.0 Å². The Bertz CT molecular complexity index is 578. The van der Waals surface area contributed by atoms with Crippen LogP contribution in [0.2, 0.25) is 0 Å². The van der Waals surface area contributed by atoms with Crippen LogP contribution in [-0.2, 0) is 14.3 Å². The van der Waals surface area contributed by atoms with Crippen LogP contribution in [0.25, 0.3) is 0 Å². The van der Waals surface area contributed by atoms with E-state index in [1.165, 1.54) is 12.8 Å². The number of benzene rings is 1. The van der Waals surface area contributed by atoms with Gasteiger partial charge in [-0.1, -0.05) is 30.3 Å². The number of quaternary nitrogens is 1. The van der Waals surface area contributed by atoms with Crippen molar-refractivity contribution in [2.75, 3.05) is 20.8 Å². The van der Waals surface area contributed by atoms with Gasteiger partial charge < -0.3 is 30.9 Å². The molecule has 5 atom stereocenters. The zero-order chi connectivity index (χ0) is 18.0. The molecule has 2 saturated heterocycles. The largest absolute Gasteiger partial charge is 1.00 e. The van der Waals surface area contributed by atoms with Crippen LogP contribution in [0.5, 0.6) is 0 Å². The van der Waals surface area contributed by atoms with Gasteiger partial charge in [-0.2, -0.15) is 0 Å². The number of piperidine rings is 1. The lowest BCUT2D eigenvalue weighted by atomic mass is 9.94. The highest BCUT2D eigenvalue weighted by Gasteiger charge is 2.53. The first-order valence-electron chi connectivity index (χ1n) is 9.56. The van der Waals surface area contributed by atoms with Gasteiger partial charge in [0.2, 0.25) is 0 Å². The van der Waals surface area contributed by atoms with Gasteiger partial charge in [0.15, 0.2) is 0 Å². The fourth-order valence-electron chi connectivity index (χ4n) is 4.97. The van der Waals surface area contributed by atoms with E-state index >= 15 is 0 Å². The number of esters is 1. The molecule has 0 saturated carbocycles.